The van der Waals surface area contributed by atoms with E-state index >= 15 is 0 Å². The lowest BCUT2D eigenvalue weighted by atomic mass is 10.1. The van der Waals surface area contributed by atoms with Crippen molar-refractivity contribution in [2.45, 2.75) is 45.2 Å². The molecule has 0 aliphatic carbocycles. The van der Waals surface area contributed by atoms with Crippen LogP contribution in [0.4, 0.5) is 4.39 Å². The van der Waals surface area contributed by atoms with Crippen molar-refractivity contribution in [2.75, 3.05) is 0 Å². The van der Waals surface area contributed by atoms with Gasteiger partial charge in [-0.05, 0) is 54.2 Å². The zero-order valence-electron chi connectivity index (χ0n) is 10.6. The Morgan fingerprint density at radius 3 is 2.89 bits per heavy atom. The number of carbonyl (C=O) groups excluding carboxylic acids is 1. The van der Waals surface area contributed by atoms with Gasteiger partial charge in [-0.3, -0.25) is 4.79 Å². The largest absolute Gasteiger partial charge is 0.333 e. The average Bonchev–Trinajstić information content (AvgIpc) is 2.73. The zero-order chi connectivity index (χ0) is 13.3. The first kappa shape index (κ1) is 13.5. The third-order valence-electron chi connectivity index (χ3n) is 3.67. The van der Waals surface area contributed by atoms with E-state index in [0.29, 0.717) is 5.56 Å². The van der Waals surface area contributed by atoms with Crippen molar-refractivity contribution in [2.24, 2.45) is 0 Å². The number of benzene rings is 1. The first-order chi connectivity index (χ1) is 8.56. The van der Waals surface area contributed by atoms with Gasteiger partial charge in [-0.1, -0.05) is 13.0 Å². The molecule has 4 heteroatoms. The van der Waals surface area contributed by atoms with Gasteiger partial charge in [-0.2, -0.15) is 0 Å². The zero-order valence-corrected chi connectivity index (χ0v) is 12.2. The number of rotatable bonds is 2. The minimum absolute atomic E-state index is 0.0711. The summed E-state index contributed by atoms with van der Waals surface area (Å²) in [5.41, 5.74) is 0.419. The summed E-state index contributed by atoms with van der Waals surface area (Å²) in [6.45, 7) is 4.14. The summed E-state index contributed by atoms with van der Waals surface area (Å²) in [6.07, 6.45) is 3.01. The quantitative estimate of drug-likeness (QED) is 0.808. The van der Waals surface area contributed by atoms with Crippen LogP contribution in [0.25, 0.3) is 0 Å². The maximum atomic E-state index is 13.5. The first-order valence-corrected chi connectivity index (χ1v) is 7.12. The Bertz CT molecular complexity index is 463. The molecule has 0 saturated carbocycles. The minimum atomic E-state index is -0.388. The molecule has 1 heterocycles. The lowest BCUT2D eigenvalue weighted by Crippen LogP contribution is -2.39. The molecule has 1 amide bonds. The van der Waals surface area contributed by atoms with Gasteiger partial charge in [0, 0.05) is 12.1 Å². The van der Waals surface area contributed by atoms with E-state index in [9.17, 15) is 9.18 Å². The number of amides is 1. The van der Waals surface area contributed by atoms with Gasteiger partial charge >= 0.3 is 0 Å². The van der Waals surface area contributed by atoms with Crippen molar-refractivity contribution in [1.29, 1.82) is 0 Å². The van der Waals surface area contributed by atoms with Gasteiger partial charge in [-0.25, -0.2) is 4.39 Å². The molecule has 2 unspecified atom stereocenters. The highest BCUT2D eigenvalue weighted by Gasteiger charge is 2.34. The molecule has 0 spiro atoms. The maximum Gasteiger partial charge on any atom is 0.255 e. The minimum Gasteiger partial charge on any atom is -0.333 e. The third-order valence-corrected chi connectivity index (χ3v) is 4.48. The molecule has 1 fully saturated rings. The van der Waals surface area contributed by atoms with Crippen LogP contribution in [0.5, 0.6) is 0 Å². The molecule has 2 rings (SSSR count). The van der Waals surface area contributed by atoms with Gasteiger partial charge in [0.15, 0.2) is 0 Å². The standard InChI is InChI=1S/C14H17BrFNO/c1-3-10-8-7-9(2)17(10)14(18)11-5-4-6-12(16)13(11)15/h4-6,9-10H,3,7-8H2,1-2H3. The van der Waals surface area contributed by atoms with Crippen LogP contribution in [-0.2, 0) is 0 Å². The summed E-state index contributed by atoms with van der Waals surface area (Å²) >= 11 is 3.17. The molecule has 2 nitrogen and oxygen atoms in total. The third kappa shape index (κ3) is 2.30. The Labute approximate surface area is 115 Å². The Kier molecular flexibility index (Phi) is 4.05. The van der Waals surface area contributed by atoms with E-state index in [0.717, 1.165) is 19.3 Å². The van der Waals surface area contributed by atoms with Crippen LogP contribution in [-0.4, -0.2) is 22.9 Å². The SMILES string of the molecule is CCC1CCC(C)N1C(=O)c1cccc(F)c1Br. The molecular formula is C14H17BrFNO. The van der Waals surface area contributed by atoms with E-state index in [1.165, 1.54) is 6.07 Å². The molecule has 1 aliphatic rings. The second-order valence-electron chi connectivity index (χ2n) is 4.80. The second-order valence-corrected chi connectivity index (χ2v) is 5.60. The fourth-order valence-corrected chi connectivity index (χ4v) is 3.08. The Balaban J connectivity index is 2.33. The van der Waals surface area contributed by atoms with Crippen molar-refractivity contribution >= 4 is 21.8 Å². The number of hydrogen-bond acceptors (Lipinski definition) is 1. The van der Waals surface area contributed by atoms with Crippen LogP contribution in [0.15, 0.2) is 22.7 Å². The molecule has 1 aliphatic heterocycles. The predicted octanol–water partition coefficient (Wildman–Crippen LogP) is 3.99. The lowest BCUT2D eigenvalue weighted by molar-refractivity contribution is 0.0675. The molecule has 0 aromatic heterocycles. The van der Waals surface area contributed by atoms with Gasteiger partial charge in [0.2, 0.25) is 0 Å². The van der Waals surface area contributed by atoms with Crippen molar-refractivity contribution in [1.82, 2.24) is 4.90 Å². The van der Waals surface area contributed by atoms with Gasteiger partial charge in [0.05, 0.1) is 10.0 Å². The molecule has 98 valence electrons. The van der Waals surface area contributed by atoms with Gasteiger partial charge < -0.3 is 4.90 Å². The second kappa shape index (κ2) is 5.39. The molecule has 2 atom stereocenters. The Morgan fingerprint density at radius 2 is 2.22 bits per heavy atom. The summed E-state index contributed by atoms with van der Waals surface area (Å²) in [6, 6.07) is 5.12. The number of halogens is 2. The molecule has 0 N–H and O–H groups in total. The van der Waals surface area contributed by atoms with Crippen LogP contribution in [0.3, 0.4) is 0 Å². The highest BCUT2D eigenvalue weighted by Crippen LogP contribution is 2.30. The van der Waals surface area contributed by atoms with E-state index in [-0.39, 0.29) is 28.3 Å². The summed E-state index contributed by atoms with van der Waals surface area (Å²) in [4.78, 5) is 14.4. The number of carbonyl (C=O) groups is 1. The van der Waals surface area contributed by atoms with Gasteiger partial charge in [-0.15, -0.1) is 0 Å². The fraction of sp³-hybridized carbons (Fsp3) is 0.500. The summed E-state index contributed by atoms with van der Waals surface area (Å²) in [7, 11) is 0. The normalized spacial score (nSPS) is 23.4. The van der Waals surface area contributed by atoms with Crippen LogP contribution in [0.2, 0.25) is 0 Å². The van der Waals surface area contributed by atoms with E-state index in [1.54, 1.807) is 12.1 Å². The van der Waals surface area contributed by atoms with Gasteiger partial charge in [0.25, 0.3) is 5.91 Å². The van der Waals surface area contributed by atoms with E-state index in [2.05, 4.69) is 29.8 Å². The monoisotopic (exact) mass is 313 g/mol. The Hall–Kier alpha value is -0.900. The van der Waals surface area contributed by atoms with Crippen molar-refractivity contribution < 1.29 is 9.18 Å². The van der Waals surface area contributed by atoms with E-state index < -0.39 is 0 Å². The number of likely N-dealkylation sites (tertiary alicyclic amines) is 1. The first-order valence-electron chi connectivity index (χ1n) is 6.33. The van der Waals surface area contributed by atoms with Crippen LogP contribution < -0.4 is 0 Å². The topological polar surface area (TPSA) is 20.3 Å². The summed E-state index contributed by atoms with van der Waals surface area (Å²) in [5, 5.41) is 0. The predicted molar refractivity (Wildman–Crippen MR) is 73.0 cm³/mol. The van der Waals surface area contributed by atoms with Crippen molar-refractivity contribution in [3.8, 4) is 0 Å². The Morgan fingerprint density at radius 1 is 1.50 bits per heavy atom. The molecule has 1 aromatic rings. The highest BCUT2D eigenvalue weighted by molar-refractivity contribution is 9.10. The van der Waals surface area contributed by atoms with Crippen molar-refractivity contribution in [3.05, 3.63) is 34.1 Å². The molecule has 0 radical (unpaired) electrons. The van der Waals surface area contributed by atoms with Crippen LogP contribution in [0.1, 0.15) is 43.5 Å². The van der Waals surface area contributed by atoms with E-state index in [4.69, 9.17) is 0 Å². The number of nitrogens with zero attached hydrogens (tertiary/aromatic N) is 1. The lowest BCUT2D eigenvalue weighted by Gasteiger charge is -2.28. The van der Waals surface area contributed by atoms with E-state index in [1.807, 2.05) is 4.90 Å². The molecule has 0 bridgehead atoms. The van der Waals surface area contributed by atoms with Crippen LogP contribution >= 0.6 is 15.9 Å². The average molecular weight is 314 g/mol. The smallest absolute Gasteiger partial charge is 0.255 e. The summed E-state index contributed by atoms with van der Waals surface area (Å²) < 4.78 is 13.8. The molecule has 1 aromatic carbocycles. The van der Waals surface area contributed by atoms with Gasteiger partial charge in [0.1, 0.15) is 5.82 Å². The van der Waals surface area contributed by atoms with Crippen molar-refractivity contribution in [3.63, 3.8) is 0 Å². The summed E-state index contributed by atoms with van der Waals surface area (Å²) in [5.74, 6) is -0.459. The highest BCUT2D eigenvalue weighted by atomic mass is 79.9. The molecule has 1 saturated heterocycles. The number of hydrogen-bond donors (Lipinski definition) is 0. The molecule has 18 heavy (non-hydrogen) atoms. The molecular weight excluding hydrogens is 297 g/mol. The fourth-order valence-electron chi connectivity index (χ4n) is 2.65. The van der Waals surface area contributed by atoms with Crippen LogP contribution in [0, 0.1) is 5.82 Å². The maximum absolute atomic E-state index is 13.5.